The van der Waals surface area contributed by atoms with Gasteiger partial charge in [0.2, 0.25) is 0 Å². The summed E-state index contributed by atoms with van der Waals surface area (Å²) in [5.74, 6) is -0.538. The Bertz CT molecular complexity index is 1850. The van der Waals surface area contributed by atoms with Crippen LogP contribution in [0.5, 0.6) is 0 Å². The van der Waals surface area contributed by atoms with Gasteiger partial charge in [0.15, 0.2) is 0 Å². The second kappa shape index (κ2) is 13.0. The molecule has 0 spiro atoms. The van der Waals surface area contributed by atoms with Gasteiger partial charge in [-0.1, -0.05) is 59.1 Å². The van der Waals surface area contributed by atoms with E-state index in [9.17, 15) is 9.65 Å². The first kappa shape index (κ1) is 30.1. The quantitative estimate of drug-likeness (QED) is 0.174. The van der Waals surface area contributed by atoms with Crippen LogP contribution < -0.4 is 10.6 Å². The lowest BCUT2D eigenvalue weighted by Crippen LogP contribution is -2.34. The molecule has 0 amide bonds. The SMILES string of the molecule is CCN1CCC(n2cc(C(Nc3cc(Cl)cc4c(Nc5ccc(F)c(Cl)c5)c(C#N)cnc34)c3ccc(Cl)cc3)nn2)CC1. The average molecular weight is 650 g/mol. The third-order valence-electron chi connectivity index (χ3n) is 7.95. The molecule has 1 fully saturated rings. The van der Waals surface area contributed by atoms with Gasteiger partial charge in [0, 0.05) is 40.4 Å². The molecule has 0 radical (unpaired) electrons. The Kier molecular flexibility index (Phi) is 8.87. The van der Waals surface area contributed by atoms with Crippen LogP contribution in [0.25, 0.3) is 10.9 Å². The van der Waals surface area contributed by atoms with Crippen molar-refractivity contribution in [1.82, 2.24) is 24.9 Å². The Morgan fingerprint density at radius 2 is 1.82 bits per heavy atom. The third-order valence-corrected chi connectivity index (χ3v) is 8.71. The van der Waals surface area contributed by atoms with Crippen molar-refractivity contribution < 1.29 is 4.39 Å². The first-order chi connectivity index (χ1) is 21.3. The number of hydrogen-bond acceptors (Lipinski definition) is 7. The van der Waals surface area contributed by atoms with Gasteiger partial charge >= 0.3 is 0 Å². The number of fused-ring (bicyclic) bond motifs is 1. The smallest absolute Gasteiger partial charge is 0.141 e. The van der Waals surface area contributed by atoms with E-state index in [1.165, 1.54) is 18.3 Å². The summed E-state index contributed by atoms with van der Waals surface area (Å²) >= 11 is 18.9. The molecular weight excluding hydrogens is 622 g/mol. The summed E-state index contributed by atoms with van der Waals surface area (Å²) in [5.41, 5.74) is 4.12. The molecular formula is C32H28Cl3FN8. The van der Waals surface area contributed by atoms with Crippen molar-refractivity contribution in [3.8, 4) is 6.07 Å². The molecule has 1 aliphatic heterocycles. The highest BCUT2D eigenvalue weighted by molar-refractivity contribution is 6.32. The first-order valence-electron chi connectivity index (χ1n) is 14.2. The monoisotopic (exact) mass is 648 g/mol. The second-order valence-electron chi connectivity index (χ2n) is 10.7. The minimum Gasteiger partial charge on any atom is -0.371 e. The van der Waals surface area contributed by atoms with Gasteiger partial charge in [0.25, 0.3) is 0 Å². The molecule has 1 aliphatic rings. The van der Waals surface area contributed by atoms with E-state index in [1.54, 1.807) is 18.2 Å². The molecule has 5 aromatic rings. The van der Waals surface area contributed by atoms with Crippen LogP contribution in [0.2, 0.25) is 15.1 Å². The van der Waals surface area contributed by atoms with E-state index in [2.05, 4.69) is 43.8 Å². The number of hydrogen-bond donors (Lipinski definition) is 2. The lowest BCUT2D eigenvalue weighted by molar-refractivity contribution is 0.186. The Morgan fingerprint density at radius 1 is 1.05 bits per heavy atom. The number of nitrogens with one attached hydrogen (secondary N) is 2. The summed E-state index contributed by atoms with van der Waals surface area (Å²) in [6.07, 6.45) is 5.51. The summed E-state index contributed by atoms with van der Waals surface area (Å²) in [6.45, 7) is 5.29. The molecule has 0 bridgehead atoms. The van der Waals surface area contributed by atoms with Gasteiger partial charge in [0.05, 0.1) is 45.8 Å². The average Bonchev–Trinajstić information content (AvgIpc) is 3.52. The van der Waals surface area contributed by atoms with E-state index in [0.29, 0.717) is 38.0 Å². The van der Waals surface area contributed by atoms with Crippen molar-refractivity contribution in [3.05, 3.63) is 105 Å². The van der Waals surface area contributed by atoms with E-state index in [-0.39, 0.29) is 16.6 Å². The van der Waals surface area contributed by atoms with Gasteiger partial charge in [0.1, 0.15) is 17.6 Å². The highest BCUT2D eigenvalue weighted by Gasteiger charge is 2.25. The third kappa shape index (κ3) is 6.30. The maximum atomic E-state index is 13.8. The number of anilines is 3. The van der Waals surface area contributed by atoms with E-state index < -0.39 is 11.9 Å². The molecule has 2 aromatic heterocycles. The molecule has 2 N–H and O–H groups in total. The van der Waals surface area contributed by atoms with Gasteiger partial charge in [-0.15, -0.1) is 5.10 Å². The largest absolute Gasteiger partial charge is 0.371 e. The van der Waals surface area contributed by atoms with Gasteiger partial charge < -0.3 is 15.5 Å². The zero-order valence-corrected chi connectivity index (χ0v) is 26.0. The molecule has 3 aromatic carbocycles. The van der Waals surface area contributed by atoms with Crippen molar-refractivity contribution in [2.75, 3.05) is 30.3 Å². The minimum atomic E-state index is -0.538. The number of nitrogens with zero attached hydrogens (tertiary/aromatic N) is 6. The molecule has 0 saturated carbocycles. The molecule has 3 heterocycles. The number of pyridine rings is 1. The van der Waals surface area contributed by atoms with Crippen molar-refractivity contribution in [3.63, 3.8) is 0 Å². The van der Waals surface area contributed by atoms with Crippen LogP contribution in [0, 0.1) is 17.1 Å². The van der Waals surface area contributed by atoms with E-state index in [4.69, 9.17) is 34.8 Å². The number of aromatic nitrogens is 4. The molecule has 8 nitrogen and oxygen atoms in total. The normalized spacial score (nSPS) is 14.8. The maximum Gasteiger partial charge on any atom is 0.141 e. The number of nitriles is 1. The van der Waals surface area contributed by atoms with Gasteiger partial charge in [-0.25, -0.2) is 9.07 Å². The Morgan fingerprint density at radius 3 is 2.52 bits per heavy atom. The molecule has 224 valence electrons. The maximum absolute atomic E-state index is 13.8. The molecule has 0 aliphatic carbocycles. The molecule has 44 heavy (non-hydrogen) atoms. The van der Waals surface area contributed by atoms with Crippen LogP contribution in [0.3, 0.4) is 0 Å². The summed E-state index contributed by atoms with van der Waals surface area (Å²) in [5, 5.41) is 27.4. The van der Waals surface area contributed by atoms with Crippen LogP contribution in [0.4, 0.5) is 21.5 Å². The summed E-state index contributed by atoms with van der Waals surface area (Å²) in [4.78, 5) is 7.08. The fourth-order valence-corrected chi connectivity index (χ4v) is 6.08. The number of halogens is 4. The summed E-state index contributed by atoms with van der Waals surface area (Å²) < 4.78 is 15.8. The van der Waals surface area contributed by atoms with Crippen LogP contribution >= 0.6 is 34.8 Å². The van der Waals surface area contributed by atoms with Crippen LogP contribution in [-0.2, 0) is 0 Å². The number of rotatable bonds is 8. The van der Waals surface area contributed by atoms with E-state index >= 15 is 0 Å². The zero-order chi connectivity index (χ0) is 30.8. The standard InChI is InChI=1S/C32H28Cl3FN8/c1-2-43-11-9-24(10-12-43)44-18-29(41-42-44)31(19-3-5-21(33)6-4-19)40-28-14-22(34)13-25-30(20(16-37)17-38-32(25)28)39-23-7-8-27(36)26(35)15-23/h3-8,13-15,17-18,24,31,40H,2,9-12H2,1H3,(H,38,39). The number of benzene rings is 3. The van der Waals surface area contributed by atoms with Gasteiger partial charge in [-0.05, 0) is 67.4 Å². The van der Waals surface area contributed by atoms with Crippen LogP contribution in [-0.4, -0.2) is 44.5 Å². The zero-order valence-electron chi connectivity index (χ0n) is 23.7. The molecule has 1 unspecified atom stereocenters. The predicted molar refractivity (Wildman–Crippen MR) is 173 cm³/mol. The number of piperidine rings is 1. The Labute approximate surface area is 269 Å². The van der Waals surface area contributed by atoms with Crippen LogP contribution in [0.1, 0.15) is 48.7 Å². The number of likely N-dealkylation sites (tertiary alicyclic amines) is 1. The minimum absolute atomic E-state index is 0.0398. The Hall–Kier alpha value is -3.94. The van der Waals surface area contributed by atoms with Crippen molar-refractivity contribution in [2.24, 2.45) is 0 Å². The van der Waals surface area contributed by atoms with E-state index in [0.717, 1.165) is 43.7 Å². The summed E-state index contributed by atoms with van der Waals surface area (Å²) in [7, 11) is 0. The highest BCUT2D eigenvalue weighted by atomic mass is 35.5. The van der Waals surface area contributed by atoms with Crippen molar-refractivity contribution in [1.29, 1.82) is 5.26 Å². The van der Waals surface area contributed by atoms with Crippen molar-refractivity contribution in [2.45, 2.75) is 31.8 Å². The fourth-order valence-electron chi connectivity index (χ4n) is 5.56. The molecule has 1 atom stereocenters. The first-order valence-corrected chi connectivity index (χ1v) is 15.4. The van der Waals surface area contributed by atoms with Crippen LogP contribution in [0.15, 0.2) is 67.0 Å². The lowest BCUT2D eigenvalue weighted by Gasteiger charge is -2.30. The fraction of sp³-hybridized carbons (Fsp3) is 0.250. The lowest BCUT2D eigenvalue weighted by atomic mass is 10.0. The topological polar surface area (TPSA) is 94.7 Å². The van der Waals surface area contributed by atoms with Gasteiger partial charge in [-0.3, -0.25) is 4.98 Å². The predicted octanol–water partition coefficient (Wildman–Crippen LogP) is 8.40. The highest BCUT2D eigenvalue weighted by Crippen LogP contribution is 2.38. The van der Waals surface area contributed by atoms with Crippen molar-refractivity contribution >= 4 is 62.8 Å². The Balaban J connectivity index is 1.40. The second-order valence-corrected chi connectivity index (χ2v) is 12.0. The van der Waals surface area contributed by atoms with E-state index in [1.807, 2.05) is 35.1 Å². The molecule has 1 saturated heterocycles. The van der Waals surface area contributed by atoms with Gasteiger partial charge in [-0.2, -0.15) is 5.26 Å². The molecule has 6 rings (SSSR count). The molecule has 12 heteroatoms. The summed E-state index contributed by atoms with van der Waals surface area (Å²) in [6, 6.07) is 17.4.